The Labute approximate surface area is 211 Å². The Morgan fingerprint density at radius 1 is 1.12 bits per heavy atom. The highest BCUT2D eigenvalue weighted by molar-refractivity contribution is 14.1. The van der Waals surface area contributed by atoms with Crippen molar-refractivity contribution in [2.75, 3.05) is 18.2 Å². The summed E-state index contributed by atoms with van der Waals surface area (Å²) >= 11 is 3.56. The number of aryl methyl sites for hydroxylation is 1. The van der Waals surface area contributed by atoms with E-state index in [4.69, 9.17) is 4.74 Å². The summed E-state index contributed by atoms with van der Waals surface area (Å²) < 4.78 is 8.16. The van der Waals surface area contributed by atoms with Crippen molar-refractivity contribution >= 4 is 51.9 Å². The van der Waals surface area contributed by atoms with E-state index in [9.17, 15) is 9.59 Å². The van der Waals surface area contributed by atoms with Crippen LogP contribution in [0.15, 0.2) is 47.6 Å². The lowest BCUT2D eigenvalue weighted by Gasteiger charge is -2.10. The number of halogens is 1. The Morgan fingerprint density at radius 3 is 2.55 bits per heavy atom. The second-order valence-electron chi connectivity index (χ2n) is 7.24. The number of rotatable bonds is 10. The summed E-state index contributed by atoms with van der Waals surface area (Å²) in [5.41, 5.74) is 2.72. The Balaban J connectivity index is 1.52. The first-order valence-corrected chi connectivity index (χ1v) is 12.5. The summed E-state index contributed by atoms with van der Waals surface area (Å²) in [4.78, 5) is 24.7. The minimum atomic E-state index is -0.107. The number of thioether (sulfide) groups is 1. The number of carbonyl (C=O) groups is 2. The lowest BCUT2D eigenvalue weighted by Crippen LogP contribution is -2.26. The van der Waals surface area contributed by atoms with E-state index in [1.807, 2.05) is 60.9 Å². The average molecular weight is 579 g/mol. The van der Waals surface area contributed by atoms with E-state index in [1.165, 1.54) is 11.8 Å². The van der Waals surface area contributed by atoms with Crippen molar-refractivity contribution in [3.05, 3.63) is 63.0 Å². The van der Waals surface area contributed by atoms with Gasteiger partial charge in [-0.3, -0.25) is 9.59 Å². The molecule has 0 saturated carbocycles. The van der Waals surface area contributed by atoms with Crippen LogP contribution in [0.4, 0.5) is 5.69 Å². The molecule has 33 heavy (non-hydrogen) atoms. The largest absolute Gasteiger partial charge is 0.497 e. The van der Waals surface area contributed by atoms with Gasteiger partial charge in [-0.15, -0.1) is 10.2 Å². The first kappa shape index (κ1) is 25.0. The van der Waals surface area contributed by atoms with Crippen LogP contribution in [0.3, 0.4) is 0 Å². The molecule has 0 atom stereocenters. The highest BCUT2D eigenvalue weighted by Crippen LogP contribution is 2.20. The maximum absolute atomic E-state index is 12.4. The van der Waals surface area contributed by atoms with Gasteiger partial charge in [0.05, 0.1) is 25.8 Å². The van der Waals surface area contributed by atoms with Gasteiger partial charge in [0.15, 0.2) is 11.0 Å². The molecule has 8 nitrogen and oxygen atoms in total. The number of anilines is 1. The first-order valence-electron chi connectivity index (χ1n) is 10.4. The number of nitrogens with one attached hydrogen (secondary N) is 2. The highest BCUT2D eigenvalue weighted by atomic mass is 127. The second kappa shape index (κ2) is 12.0. The third kappa shape index (κ3) is 7.19. The summed E-state index contributed by atoms with van der Waals surface area (Å²) in [6.45, 7) is 4.85. The molecular formula is C23H26IN5O3S. The van der Waals surface area contributed by atoms with Crippen LogP contribution in [-0.4, -0.2) is 39.4 Å². The van der Waals surface area contributed by atoms with E-state index in [0.717, 1.165) is 26.1 Å². The summed E-state index contributed by atoms with van der Waals surface area (Å²) in [6, 6.07) is 13.3. The van der Waals surface area contributed by atoms with Crippen LogP contribution in [0.5, 0.6) is 5.75 Å². The van der Waals surface area contributed by atoms with E-state index in [2.05, 4.69) is 43.4 Å². The number of carbonyl (C=O) groups excluding carboxylic acids is 2. The maximum atomic E-state index is 12.4. The van der Waals surface area contributed by atoms with Gasteiger partial charge in [0.25, 0.3) is 0 Å². The topological polar surface area (TPSA) is 98.1 Å². The van der Waals surface area contributed by atoms with Crippen LogP contribution in [0.25, 0.3) is 0 Å². The predicted octanol–water partition coefficient (Wildman–Crippen LogP) is 3.81. The molecule has 10 heteroatoms. The zero-order valence-electron chi connectivity index (χ0n) is 18.7. The van der Waals surface area contributed by atoms with Gasteiger partial charge in [-0.1, -0.05) is 23.9 Å². The Morgan fingerprint density at radius 2 is 1.88 bits per heavy atom. The van der Waals surface area contributed by atoms with Crippen molar-refractivity contribution in [3.8, 4) is 5.75 Å². The van der Waals surface area contributed by atoms with Gasteiger partial charge in [0, 0.05) is 15.8 Å². The van der Waals surface area contributed by atoms with Gasteiger partial charge < -0.3 is 19.9 Å². The van der Waals surface area contributed by atoms with Crippen molar-refractivity contribution in [3.63, 3.8) is 0 Å². The third-order valence-electron chi connectivity index (χ3n) is 4.87. The van der Waals surface area contributed by atoms with Gasteiger partial charge >= 0.3 is 0 Å². The zero-order chi connectivity index (χ0) is 23.8. The molecule has 2 amide bonds. The van der Waals surface area contributed by atoms with Gasteiger partial charge in [0.1, 0.15) is 5.75 Å². The monoisotopic (exact) mass is 579 g/mol. The van der Waals surface area contributed by atoms with Crippen molar-refractivity contribution in [2.45, 2.75) is 38.5 Å². The molecule has 1 heterocycles. The maximum Gasteiger partial charge on any atom is 0.234 e. The first-order chi connectivity index (χ1) is 15.9. The molecule has 0 aliphatic rings. The normalized spacial score (nSPS) is 10.7. The third-order valence-corrected chi connectivity index (χ3v) is 6.51. The molecule has 2 N–H and O–H groups in total. The van der Waals surface area contributed by atoms with E-state index in [0.29, 0.717) is 17.5 Å². The molecule has 2 aromatic carbocycles. The lowest BCUT2D eigenvalue weighted by molar-refractivity contribution is -0.120. The molecule has 0 aliphatic carbocycles. The van der Waals surface area contributed by atoms with Gasteiger partial charge in [-0.2, -0.15) is 0 Å². The predicted molar refractivity (Wildman–Crippen MR) is 137 cm³/mol. The number of ether oxygens (including phenoxy) is 1. The molecule has 0 fully saturated rings. The standard InChI is InChI=1S/C23H26IN5O3S/c1-4-29-20(13-25-21(30)12-16-5-8-18(32-3)9-6-16)27-28-23(29)33-14-22(31)26-19-10-7-17(24)11-15(19)2/h5-11H,4,12-14H2,1-3H3,(H,25,30)(H,26,31). The Bertz CT molecular complexity index is 1120. The number of hydrogen-bond acceptors (Lipinski definition) is 6. The molecular weight excluding hydrogens is 553 g/mol. The average Bonchev–Trinajstić information content (AvgIpc) is 3.20. The van der Waals surface area contributed by atoms with Crippen LogP contribution in [0, 0.1) is 10.5 Å². The summed E-state index contributed by atoms with van der Waals surface area (Å²) in [6.07, 6.45) is 0.268. The number of nitrogens with zero attached hydrogens (tertiary/aromatic N) is 3. The van der Waals surface area contributed by atoms with E-state index < -0.39 is 0 Å². The van der Waals surface area contributed by atoms with Crippen molar-refractivity contribution in [2.24, 2.45) is 0 Å². The summed E-state index contributed by atoms with van der Waals surface area (Å²) in [5, 5.41) is 14.9. The minimum absolute atomic E-state index is 0.104. The fourth-order valence-electron chi connectivity index (χ4n) is 3.13. The highest BCUT2D eigenvalue weighted by Gasteiger charge is 2.15. The van der Waals surface area contributed by atoms with E-state index in [1.54, 1.807) is 7.11 Å². The number of hydrogen-bond donors (Lipinski definition) is 2. The van der Waals surface area contributed by atoms with Crippen molar-refractivity contribution < 1.29 is 14.3 Å². The zero-order valence-corrected chi connectivity index (χ0v) is 21.7. The van der Waals surface area contributed by atoms with E-state index >= 15 is 0 Å². The second-order valence-corrected chi connectivity index (χ2v) is 9.43. The number of amides is 2. The van der Waals surface area contributed by atoms with Crippen LogP contribution < -0.4 is 15.4 Å². The molecule has 0 bridgehead atoms. The van der Waals surface area contributed by atoms with Crippen molar-refractivity contribution in [1.29, 1.82) is 0 Å². The van der Waals surface area contributed by atoms with Crippen LogP contribution in [0.2, 0.25) is 0 Å². The van der Waals surface area contributed by atoms with Gasteiger partial charge in [0.2, 0.25) is 11.8 Å². The molecule has 0 aliphatic heterocycles. The minimum Gasteiger partial charge on any atom is -0.497 e. The smallest absolute Gasteiger partial charge is 0.234 e. The number of methoxy groups -OCH3 is 1. The van der Waals surface area contributed by atoms with Crippen LogP contribution in [-0.2, 0) is 29.1 Å². The molecule has 0 saturated heterocycles. The Hall–Kier alpha value is -2.60. The molecule has 0 radical (unpaired) electrons. The van der Waals surface area contributed by atoms with Crippen molar-refractivity contribution in [1.82, 2.24) is 20.1 Å². The van der Waals surface area contributed by atoms with Gasteiger partial charge in [-0.05, 0) is 77.9 Å². The molecule has 174 valence electrons. The SMILES string of the molecule is CCn1c(CNC(=O)Cc2ccc(OC)cc2)nnc1SCC(=O)Nc1ccc(I)cc1C. The molecule has 0 unspecified atom stereocenters. The molecule has 3 aromatic rings. The molecule has 1 aromatic heterocycles. The van der Waals surface area contributed by atoms with E-state index in [-0.39, 0.29) is 30.5 Å². The quantitative estimate of drug-likeness (QED) is 0.280. The fourth-order valence-corrected chi connectivity index (χ4v) is 4.59. The Kier molecular flexibility index (Phi) is 9.12. The summed E-state index contributed by atoms with van der Waals surface area (Å²) in [5.74, 6) is 1.41. The van der Waals surface area contributed by atoms with Crippen LogP contribution in [0.1, 0.15) is 23.9 Å². The fraction of sp³-hybridized carbons (Fsp3) is 0.304. The lowest BCUT2D eigenvalue weighted by atomic mass is 10.1. The molecule has 0 spiro atoms. The number of aromatic nitrogens is 3. The number of benzene rings is 2. The summed E-state index contributed by atoms with van der Waals surface area (Å²) in [7, 11) is 1.61. The van der Waals surface area contributed by atoms with Crippen LogP contribution >= 0.6 is 34.4 Å². The van der Waals surface area contributed by atoms with Gasteiger partial charge in [-0.25, -0.2) is 0 Å². The molecule has 3 rings (SSSR count).